The molecule has 1 amide bonds. The van der Waals surface area contributed by atoms with E-state index in [1.54, 1.807) is 0 Å². The number of amides is 1. The number of fused-ring (bicyclic) bond motifs is 1. The minimum atomic E-state index is 0.173. The largest absolute Gasteiger partial charge is 0.383 e. The second-order valence-electron chi connectivity index (χ2n) is 8.84. The first kappa shape index (κ1) is 20.1. The van der Waals surface area contributed by atoms with Gasteiger partial charge in [-0.15, -0.1) is 0 Å². The Morgan fingerprint density at radius 3 is 2.48 bits per heavy atom. The van der Waals surface area contributed by atoms with E-state index in [0.717, 1.165) is 61.9 Å². The van der Waals surface area contributed by atoms with Gasteiger partial charge in [-0.1, -0.05) is 31.0 Å². The lowest BCUT2D eigenvalue weighted by Gasteiger charge is -2.38. The molecule has 2 heterocycles. The van der Waals surface area contributed by atoms with Crippen molar-refractivity contribution in [3.63, 3.8) is 0 Å². The maximum Gasteiger partial charge on any atom is 0.253 e. The van der Waals surface area contributed by atoms with Crippen LogP contribution in [0.1, 0.15) is 36.0 Å². The Kier molecular flexibility index (Phi) is 5.94. The number of aromatic nitrogens is 1. The molecule has 1 saturated heterocycles. The van der Waals surface area contributed by atoms with Gasteiger partial charge in [0.2, 0.25) is 0 Å². The van der Waals surface area contributed by atoms with E-state index >= 15 is 0 Å². The van der Waals surface area contributed by atoms with Crippen molar-refractivity contribution in [1.82, 2.24) is 14.4 Å². The number of nitrogens with one attached hydrogen (secondary N) is 1. The summed E-state index contributed by atoms with van der Waals surface area (Å²) in [5.41, 5.74) is 3.12. The van der Waals surface area contributed by atoms with E-state index in [9.17, 15) is 4.79 Å². The van der Waals surface area contributed by atoms with Crippen LogP contribution >= 0.6 is 0 Å². The summed E-state index contributed by atoms with van der Waals surface area (Å²) in [5, 5.41) is 4.59. The molecule has 2 fully saturated rings. The Labute approximate surface area is 184 Å². The monoisotopic (exact) mass is 416 g/mol. The molecule has 2 aliphatic rings. The van der Waals surface area contributed by atoms with Gasteiger partial charge in [0.25, 0.3) is 5.91 Å². The Hall–Kier alpha value is -2.79. The fraction of sp³-hybridized carbons (Fsp3) is 0.423. The van der Waals surface area contributed by atoms with Gasteiger partial charge in [0.15, 0.2) is 0 Å². The van der Waals surface area contributed by atoms with Crippen LogP contribution in [0.5, 0.6) is 0 Å². The first-order valence-corrected chi connectivity index (χ1v) is 11.7. The van der Waals surface area contributed by atoms with Crippen LogP contribution < -0.4 is 5.32 Å². The third kappa shape index (κ3) is 4.47. The van der Waals surface area contributed by atoms with Gasteiger partial charge >= 0.3 is 0 Å². The smallest absolute Gasteiger partial charge is 0.253 e. The zero-order valence-corrected chi connectivity index (χ0v) is 18.2. The summed E-state index contributed by atoms with van der Waals surface area (Å²) >= 11 is 0. The molecule has 1 aromatic heterocycles. The zero-order valence-electron chi connectivity index (χ0n) is 18.2. The number of hydrogen-bond donors (Lipinski definition) is 1. The number of anilines is 1. The third-order valence-corrected chi connectivity index (χ3v) is 6.92. The molecule has 0 radical (unpaired) electrons. The van der Waals surface area contributed by atoms with Crippen molar-refractivity contribution in [1.29, 1.82) is 0 Å². The molecule has 0 unspecified atom stereocenters. The molecule has 5 nitrogen and oxygen atoms in total. The van der Waals surface area contributed by atoms with E-state index in [1.165, 1.54) is 31.2 Å². The van der Waals surface area contributed by atoms with Gasteiger partial charge in [-0.05, 0) is 49.2 Å². The van der Waals surface area contributed by atoms with Gasteiger partial charge in [-0.25, -0.2) is 0 Å². The molecular weight excluding hydrogens is 384 g/mol. The topological polar surface area (TPSA) is 40.5 Å². The van der Waals surface area contributed by atoms with Crippen LogP contribution in [0.4, 0.5) is 5.69 Å². The SMILES string of the molecule is O=C(c1ccc2c(ccn2CCNc2ccccc2)c1)N1CCN(C2CCCC2)CC1. The number of para-hydroxylation sites is 1. The van der Waals surface area contributed by atoms with Crippen molar-refractivity contribution >= 4 is 22.5 Å². The highest BCUT2D eigenvalue weighted by molar-refractivity contribution is 5.98. The number of nitrogens with zero attached hydrogens (tertiary/aromatic N) is 3. The van der Waals surface area contributed by atoms with Crippen LogP contribution in [0.2, 0.25) is 0 Å². The zero-order chi connectivity index (χ0) is 21.0. The highest BCUT2D eigenvalue weighted by atomic mass is 16.2. The number of hydrogen-bond acceptors (Lipinski definition) is 3. The van der Waals surface area contributed by atoms with Crippen molar-refractivity contribution in [2.45, 2.75) is 38.3 Å². The number of piperazine rings is 1. The van der Waals surface area contributed by atoms with Gasteiger partial charge < -0.3 is 14.8 Å². The molecule has 5 heteroatoms. The molecule has 1 aliphatic heterocycles. The number of carbonyl (C=O) groups excluding carboxylic acids is 1. The second kappa shape index (κ2) is 9.15. The number of benzene rings is 2. The fourth-order valence-electron chi connectivity index (χ4n) is 5.15. The van der Waals surface area contributed by atoms with Gasteiger partial charge in [0, 0.05) is 73.7 Å². The summed E-state index contributed by atoms with van der Waals surface area (Å²) in [6, 6.07) is 19.3. The maximum absolute atomic E-state index is 13.1. The summed E-state index contributed by atoms with van der Waals surface area (Å²) in [6.07, 6.45) is 7.52. The van der Waals surface area contributed by atoms with E-state index in [0.29, 0.717) is 0 Å². The molecular formula is C26H32N4O. The maximum atomic E-state index is 13.1. The molecule has 5 rings (SSSR count). The number of rotatable bonds is 6. The van der Waals surface area contributed by atoms with Crippen LogP contribution in [0.25, 0.3) is 10.9 Å². The lowest BCUT2D eigenvalue weighted by atomic mass is 10.1. The first-order valence-electron chi connectivity index (χ1n) is 11.7. The predicted molar refractivity (Wildman–Crippen MR) is 127 cm³/mol. The van der Waals surface area contributed by atoms with Crippen LogP contribution in [0, 0.1) is 0 Å². The lowest BCUT2D eigenvalue weighted by molar-refractivity contribution is 0.0573. The molecule has 3 aromatic rings. The highest BCUT2D eigenvalue weighted by Crippen LogP contribution is 2.25. The van der Waals surface area contributed by atoms with Gasteiger partial charge in [-0.2, -0.15) is 0 Å². The summed E-state index contributed by atoms with van der Waals surface area (Å²) in [6.45, 7) is 5.47. The van der Waals surface area contributed by atoms with E-state index in [2.05, 4.69) is 51.3 Å². The quantitative estimate of drug-likeness (QED) is 0.645. The summed E-state index contributed by atoms with van der Waals surface area (Å²) in [5.74, 6) is 0.173. The minimum Gasteiger partial charge on any atom is -0.383 e. The Morgan fingerprint density at radius 2 is 1.71 bits per heavy atom. The molecule has 1 saturated carbocycles. The molecule has 1 N–H and O–H groups in total. The third-order valence-electron chi connectivity index (χ3n) is 6.92. The summed E-state index contributed by atoms with van der Waals surface area (Å²) in [4.78, 5) is 17.7. The Morgan fingerprint density at radius 1 is 0.935 bits per heavy atom. The highest BCUT2D eigenvalue weighted by Gasteiger charge is 2.28. The lowest BCUT2D eigenvalue weighted by Crippen LogP contribution is -2.51. The molecule has 31 heavy (non-hydrogen) atoms. The summed E-state index contributed by atoms with van der Waals surface area (Å²) in [7, 11) is 0. The van der Waals surface area contributed by atoms with Crippen molar-refractivity contribution < 1.29 is 4.79 Å². The average molecular weight is 417 g/mol. The molecule has 0 bridgehead atoms. The standard InChI is InChI=1S/C26H32N4O/c31-26(30-18-16-28(17-19-30)24-8-4-5-9-24)22-10-11-25-21(20-22)12-14-29(25)15-13-27-23-6-2-1-3-7-23/h1-3,6-7,10-12,14,20,24,27H,4-5,8-9,13,15-19H2. The van der Waals surface area contributed by atoms with Crippen molar-refractivity contribution in [3.8, 4) is 0 Å². The predicted octanol–water partition coefficient (Wildman–Crippen LogP) is 4.45. The Balaban J connectivity index is 1.19. The Bertz CT molecular complexity index is 1010. The van der Waals surface area contributed by atoms with E-state index in [-0.39, 0.29) is 5.91 Å². The molecule has 2 aromatic carbocycles. The fourth-order valence-corrected chi connectivity index (χ4v) is 5.15. The van der Waals surface area contributed by atoms with Gasteiger partial charge in [-0.3, -0.25) is 9.69 Å². The van der Waals surface area contributed by atoms with Crippen LogP contribution in [-0.4, -0.2) is 59.0 Å². The van der Waals surface area contributed by atoms with E-state index in [4.69, 9.17) is 0 Å². The summed E-state index contributed by atoms with van der Waals surface area (Å²) < 4.78 is 2.25. The van der Waals surface area contributed by atoms with Crippen LogP contribution in [0.15, 0.2) is 60.8 Å². The average Bonchev–Trinajstić information content (AvgIpc) is 3.50. The first-order chi connectivity index (χ1) is 15.3. The number of carbonyl (C=O) groups is 1. The van der Waals surface area contributed by atoms with Gasteiger partial charge in [0.05, 0.1) is 0 Å². The van der Waals surface area contributed by atoms with E-state index in [1.807, 2.05) is 29.2 Å². The normalized spacial score (nSPS) is 18.0. The van der Waals surface area contributed by atoms with Crippen molar-refractivity contribution in [2.24, 2.45) is 0 Å². The molecule has 1 aliphatic carbocycles. The van der Waals surface area contributed by atoms with Crippen LogP contribution in [-0.2, 0) is 6.54 Å². The molecule has 162 valence electrons. The second-order valence-corrected chi connectivity index (χ2v) is 8.84. The molecule has 0 atom stereocenters. The van der Waals surface area contributed by atoms with Crippen molar-refractivity contribution in [3.05, 3.63) is 66.4 Å². The van der Waals surface area contributed by atoms with Crippen LogP contribution in [0.3, 0.4) is 0 Å². The minimum absolute atomic E-state index is 0.173. The van der Waals surface area contributed by atoms with E-state index < -0.39 is 0 Å². The molecule has 0 spiro atoms. The van der Waals surface area contributed by atoms with Crippen molar-refractivity contribution in [2.75, 3.05) is 38.0 Å². The van der Waals surface area contributed by atoms with Gasteiger partial charge in [0.1, 0.15) is 0 Å².